The first-order valence-corrected chi connectivity index (χ1v) is 11.9. The van der Waals surface area contributed by atoms with Gasteiger partial charge in [0.2, 0.25) is 0 Å². The summed E-state index contributed by atoms with van der Waals surface area (Å²) in [6.07, 6.45) is 6.78. The Morgan fingerprint density at radius 1 is 1.42 bits per heavy atom. The van der Waals surface area contributed by atoms with E-state index in [1.54, 1.807) is 7.11 Å². The first kappa shape index (κ1) is 22.4. The SMILES string of the molecule is CCCCNC(=O)O[C@H]1C=C[C@@]23CCN(OCC)Cc4c(Br)cc(OC)c(c42)O[C@H]3C1. The first-order chi connectivity index (χ1) is 15.0. The predicted octanol–water partition coefficient (Wildman–Crippen LogP) is 4.47. The maximum Gasteiger partial charge on any atom is 0.407 e. The number of alkyl carbamates (subject to hydrolysis) is 1. The highest BCUT2D eigenvalue weighted by Gasteiger charge is 2.54. The molecule has 1 amide bonds. The van der Waals surface area contributed by atoms with E-state index in [9.17, 15) is 4.79 Å². The van der Waals surface area contributed by atoms with Crippen LogP contribution in [0.25, 0.3) is 0 Å². The topological polar surface area (TPSA) is 69.3 Å². The minimum atomic E-state index is -0.376. The van der Waals surface area contributed by atoms with Crippen LogP contribution in [0.15, 0.2) is 22.7 Å². The number of hydrogen-bond donors (Lipinski definition) is 1. The second-order valence-electron chi connectivity index (χ2n) is 8.24. The van der Waals surface area contributed by atoms with Gasteiger partial charge in [0, 0.05) is 29.5 Å². The molecule has 0 radical (unpaired) electrons. The Hall–Kier alpha value is -1.77. The van der Waals surface area contributed by atoms with Crippen molar-refractivity contribution in [2.75, 3.05) is 26.8 Å². The van der Waals surface area contributed by atoms with Crippen molar-refractivity contribution in [3.8, 4) is 11.5 Å². The Morgan fingerprint density at radius 3 is 3.00 bits per heavy atom. The van der Waals surface area contributed by atoms with E-state index in [1.165, 1.54) is 0 Å². The smallest absolute Gasteiger partial charge is 0.407 e. The number of halogens is 1. The van der Waals surface area contributed by atoms with Crippen molar-refractivity contribution in [3.63, 3.8) is 0 Å². The highest BCUT2D eigenvalue weighted by atomic mass is 79.9. The number of methoxy groups -OCH3 is 1. The van der Waals surface area contributed by atoms with Gasteiger partial charge in [-0.15, -0.1) is 0 Å². The Bertz CT molecular complexity index is 861. The molecule has 8 heteroatoms. The van der Waals surface area contributed by atoms with Gasteiger partial charge in [-0.2, -0.15) is 5.06 Å². The van der Waals surface area contributed by atoms with E-state index in [0.717, 1.165) is 47.2 Å². The molecule has 4 rings (SSSR count). The van der Waals surface area contributed by atoms with Gasteiger partial charge in [0.25, 0.3) is 0 Å². The lowest BCUT2D eigenvalue weighted by Crippen LogP contribution is -2.44. The molecule has 0 bridgehead atoms. The molecule has 0 saturated carbocycles. The predicted molar refractivity (Wildman–Crippen MR) is 120 cm³/mol. The van der Waals surface area contributed by atoms with Crippen LogP contribution in [0.3, 0.4) is 0 Å². The summed E-state index contributed by atoms with van der Waals surface area (Å²) >= 11 is 3.74. The summed E-state index contributed by atoms with van der Waals surface area (Å²) in [4.78, 5) is 18.0. The molecule has 0 unspecified atom stereocenters. The Kier molecular flexibility index (Phi) is 6.79. The summed E-state index contributed by atoms with van der Waals surface area (Å²) in [5, 5.41) is 4.84. The third-order valence-corrected chi connectivity index (χ3v) is 7.06. The van der Waals surface area contributed by atoms with Gasteiger partial charge in [-0.3, -0.25) is 4.84 Å². The zero-order valence-electron chi connectivity index (χ0n) is 18.4. The molecular weight excluding hydrogens is 464 g/mol. The minimum absolute atomic E-state index is 0.135. The normalized spacial score (nSPS) is 26.5. The van der Waals surface area contributed by atoms with Crippen LogP contribution in [0.1, 0.15) is 50.7 Å². The van der Waals surface area contributed by atoms with Gasteiger partial charge in [-0.25, -0.2) is 4.79 Å². The molecule has 31 heavy (non-hydrogen) atoms. The number of benzene rings is 1. The third-order valence-electron chi connectivity index (χ3n) is 6.35. The van der Waals surface area contributed by atoms with E-state index in [1.807, 2.05) is 24.1 Å². The molecule has 2 heterocycles. The van der Waals surface area contributed by atoms with Crippen molar-refractivity contribution in [2.45, 2.75) is 63.7 Å². The maximum absolute atomic E-state index is 12.2. The molecule has 1 spiro atoms. The Labute approximate surface area is 192 Å². The fraction of sp³-hybridized carbons (Fsp3) is 0.609. The monoisotopic (exact) mass is 494 g/mol. The second-order valence-corrected chi connectivity index (χ2v) is 9.09. The molecule has 1 aromatic rings. The number of rotatable bonds is 7. The summed E-state index contributed by atoms with van der Waals surface area (Å²) < 4.78 is 18.8. The van der Waals surface area contributed by atoms with Crippen molar-refractivity contribution in [1.29, 1.82) is 0 Å². The van der Waals surface area contributed by atoms with Crippen molar-refractivity contribution in [1.82, 2.24) is 10.4 Å². The van der Waals surface area contributed by atoms with E-state index in [0.29, 0.717) is 31.9 Å². The summed E-state index contributed by atoms with van der Waals surface area (Å²) in [5.74, 6) is 1.51. The molecule has 1 aromatic carbocycles. The lowest BCUT2D eigenvalue weighted by molar-refractivity contribution is -0.163. The number of carbonyl (C=O) groups is 1. The Morgan fingerprint density at radius 2 is 2.26 bits per heavy atom. The van der Waals surface area contributed by atoms with Gasteiger partial charge in [0.1, 0.15) is 12.2 Å². The van der Waals surface area contributed by atoms with Crippen LogP contribution in [-0.2, 0) is 21.5 Å². The zero-order chi connectivity index (χ0) is 22.0. The van der Waals surface area contributed by atoms with Crippen molar-refractivity contribution < 1.29 is 23.8 Å². The standard InChI is InChI=1S/C23H31BrN2O5/c1-4-6-10-25-22(27)30-15-7-8-23-9-11-26(29-5-2)14-16-17(24)13-18(28-3)21(20(16)23)31-19(23)12-15/h7-8,13,15,19H,4-6,9-12,14H2,1-3H3,(H,25,27)/t15-,19-,23-/m0/s1. The van der Waals surface area contributed by atoms with Crippen LogP contribution in [0.5, 0.6) is 11.5 Å². The molecule has 0 saturated heterocycles. The van der Waals surface area contributed by atoms with E-state index in [2.05, 4.69) is 34.2 Å². The number of hydroxylamine groups is 2. The van der Waals surface area contributed by atoms with Crippen molar-refractivity contribution >= 4 is 22.0 Å². The average Bonchev–Trinajstić information content (AvgIpc) is 2.99. The molecule has 170 valence electrons. The molecule has 0 aromatic heterocycles. The number of ether oxygens (including phenoxy) is 3. The molecule has 1 aliphatic carbocycles. The van der Waals surface area contributed by atoms with Gasteiger partial charge in [-0.05, 0) is 37.5 Å². The van der Waals surface area contributed by atoms with Crippen LogP contribution < -0.4 is 14.8 Å². The van der Waals surface area contributed by atoms with E-state index >= 15 is 0 Å². The lowest BCUT2D eigenvalue weighted by atomic mass is 9.69. The van der Waals surface area contributed by atoms with E-state index in [-0.39, 0.29) is 23.7 Å². The quantitative estimate of drug-likeness (QED) is 0.445. The third kappa shape index (κ3) is 4.17. The highest BCUT2D eigenvalue weighted by molar-refractivity contribution is 9.10. The van der Waals surface area contributed by atoms with E-state index < -0.39 is 0 Å². The van der Waals surface area contributed by atoms with E-state index in [4.69, 9.17) is 19.0 Å². The van der Waals surface area contributed by atoms with Gasteiger partial charge in [0.15, 0.2) is 11.5 Å². The highest BCUT2D eigenvalue weighted by Crippen LogP contribution is 2.57. The van der Waals surface area contributed by atoms with Crippen LogP contribution in [0.2, 0.25) is 0 Å². The zero-order valence-corrected chi connectivity index (χ0v) is 20.0. The summed E-state index contributed by atoms with van der Waals surface area (Å²) in [5.41, 5.74) is 2.02. The van der Waals surface area contributed by atoms with Gasteiger partial charge >= 0.3 is 6.09 Å². The maximum atomic E-state index is 12.2. The van der Waals surface area contributed by atoms with Gasteiger partial charge in [0.05, 0.1) is 25.7 Å². The number of unbranched alkanes of at least 4 members (excludes halogenated alkanes) is 1. The number of carbonyl (C=O) groups excluding carboxylic acids is 1. The average molecular weight is 495 g/mol. The van der Waals surface area contributed by atoms with Crippen LogP contribution in [0.4, 0.5) is 4.79 Å². The largest absolute Gasteiger partial charge is 0.493 e. The minimum Gasteiger partial charge on any atom is -0.493 e. The van der Waals surface area contributed by atoms with Crippen LogP contribution in [0, 0.1) is 0 Å². The molecular formula is C23H31BrN2O5. The fourth-order valence-electron chi connectivity index (χ4n) is 4.85. The van der Waals surface area contributed by atoms with Gasteiger partial charge < -0.3 is 19.5 Å². The van der Waals surface area contributed by atoms with Gasteiger partial charge in [-0.1, -0.05) is 35.4 Å². The molecule has 3 aliphatic rings. The van der Waals surface area contributed by atoms with Crippen LogP contribution in [-0.4, -0.2) is 50.2 Å². The molecule has 7 nitrogen and oxygen atoms in total. The second kappa shape index (κ2) is 9.38. The fourth-order valence-corrected chi connectivity index (χ4v) is 5.38. The number of nitrogens with one attached hydrogen (secondary N) is 1. The number of amides is 1. The summed E-state index contributed by atoms with van der Waals surface area (Å²) in [6.45, 7) is 6.80. The first-order valence-electron chi connectivity index (χ1n) is 11.1. The summed E-state index contributed by atoms with van der Waals surface area (Å²) in [7, 11) is 1.66. The van der Waals surface area contributed by atoms with Crippen molar-refractivity contribution in [3.05, 3.63) is 33.8 Å². The molecule has 3 atom stereocenters. The van der Waals surface area contributed by atoms with Crippen molar-refractivity contribution in [2.24, 2.45) is 0 Å². The van der Waals surface area contributed by atoms with Crippen LogP contribution >= 0.6 is 15.9 Å². The number of hydrogen-bond acceptors (Lipinski definition) is 6. The molecule has 2 aliphatic heterocycles. The Balaban J connectivity index is 1.64. The molecule has 1 N–H and O–H groups in total. The molecule has 0 fully saturated rings. The summed E-state index contributed by atoms with van der Waals surface area (Å²) in [6, 6.07) is 1.97. The lowest BCUT2D eigenvalue weighted by Gasteiger charge is -2.36. The number of nitrogens with zero attached hydrogens (tertiary/aromatic N) is 1.